The molecular formula is C9H14S. The maximum Gasteiger partial charge on any atom is 0.0154 e. The van der Waals surface area contributed by atoms with Crippen LogP contribution in [-0.4, -0.2) is 0 Å². The van der Waals surface area contributed by atoms with Gasteiger partial charge in [-0.25, -0.2) is 0 Å². The van der Waals surface area contributed by atoms with Gasteiger partial charge >= 0.3 is 0 Å². The maximum absolute atomic E-state index is 4.11. The summed E-state index contributed by atoms with van der Waals surface area (Å²) in [6, 6.07) is 10.2. The Hall–Kier alpha value is -0.430. The van der Waals surface area contributed by atoms with E-state index in [0.29, 0.717) is 0 Å². The largest absolute Gasteiger partial charge is 0.175 e. The maximum atomic E-state index is 4.11. The Morgan fingerprint density at radius 2 is 1.60 bits per heavy atom. The van der Waals surface area contributed by atoms with E-state index in [2.05, 4.69) is 24.8 Å². The summed E-state index contributed by atoms with van der Waals surface area (Å²) in [7, 11) is 0. The van der Waals surface area contributed by atoms with Crippen molar-refractivity contribution in [3.8, 4) is 0 Å². The van der Waals surface area contributed by atoms with Gasteiger partial charge in [0.15, 0.2) is 0 Å². The molecule has 0 saturated carbocycles. The summed E-state index contributed by atoms with van der Waals surface area (Å²) in [5.41, 5.74) is 1.27. The Balaban J connectivity index is 0.000000371. The van der Waals surface area contributed by atoms with E-state index in [1.807, 2.05) is 32.0 Å². The molecule has 10 heavy (non-hydrogen) atoms. The Kier molecular flexibility index (Phi) is 6.40. The van der Waals surface area contributed by atoms with Crippen LogP contribution in [0.25, 0.3) is 0 Å². The third-order valence-electron chi connectivity index (χ3n) is 1.03. The lowest BCUT2D eigenvalue weighted by Crippen LogP contribution is -1.71. The first-order valence-electron chi connectivity index (χ1n) is 3.58. The highest BCUT2D eigenvalue weighted by molar-refractivity contribution is 7.79. The summed E-state index contributed by atoms with van der Waals surface area (Å²) in [6.45, 7) is 4.00. The second-order valence-corrected chi connectivity index (χ2v) is 1.96. The number of benzene rings is 1. The number of thiol groups is 1. The molecule has 0 radical (unpaired) electrons. The van der Waals surface area contributed by atoms with Gasteiger partial charge in [-0.1, -0.05) is 44.2 Å². The molecule has 0 amide bonds. The molecule has 0 saturated heterocycles. The fourth-order valence-corrected chi connectivity index (χ4v) is 0.794. The summed E-state index contributed by atoms with van der Waals surface area (Å²) >= 11 is 4.11. The van der Waals surface area contributed by atoms with E-state index in [1.54, 1.807) is 0 Å². The number of hydrogen-bond donors (Lipinski definition) is 1. The number of rotatable bonds is 1. The molecule has 0 spiro atoms. The minimum atomic E-state index is 0.834. The van der Waals surface area contributed by atoms with E-state index >= 15 is 0 Å². The van der Waals surface area contributed by atoms with E-state index in [0.717, 1.165) is 5.75 Å². The lowest BCUT2D eigenvalue weighted by atomic mass is 10.2. The van der Waals surface area contributed by atoms with Crippen LogP contribution in [0.15, 0.2) is 30.3 Å². The van der Waals surface area contributed by atoms with Gasteiger partial charge < -0.3 is 0 Å². The van der Waals surface area contributed by atoms with Crippen LogP contribution in [0.4, 0.5) is 0 Å². The van der Waals surface area contributed by atoms with Gasteiger partial charge in [0.05, 0.1) is 0 Å². The van der Waals surface area contributed by atoms with E-state index < -0.39 is 0 Å². The van der Waals surface area contributed by atoms with Gasteiger partial charge in [0.2, 0.25) is 0 Å². The van der Waals surface area contributed by atoms with Gasteiger partial charge in [-0.05, 0) is 5.56 Å². The third kappa shape index (κ3) is 3.57. The second kappa shape index (κ2) is 6.69. The first-order valence-corrected chi connectivity index (χ1v) is 4.21. The van der Waals surface area contributed by atoms with Gasteiger partial charge in [-0.3, -0.25) is 0 Å². The normalized spacial score (nSPS) is 7.90. The molecule has 0 atom stereocenters. The minimum absolute atomic E-state index is 0.834. The molecule has 0 unspecified atom stereocenters. The zero-order valence-electron chi connectivity index (χ0n) is 6.54. The molecule has 0 bridgehead atoms. The Morgan fingerprint density at radius 1 is 1.10 bits per heavy atom. The molecule has 1 heteroatoms. The molecule has 0 fully saturated rings. The van der Waals surface area contributed by atoms with Crippen LogP contribution in [0, 0.1) is 0 Å². The van der Waals surface area contributed by atoms with Crippen LogP contribution < -0.4 is 0 Å². The van der Waals surface area contributed by atoms with Gasteiger partial charge in [-0.2, -0.15) is 12.6 Å². The van der Waals surface area contributed by atoms with E-state index in [9.17, 15) is 0 Å². The summed E-state index contributed by atoms with van der Waals surface area (Å²) in [5.74, 6) is 0.834. The highest BCUT2D eigenvalue weighted by Crippen LogP contribution is 2.00. The van der Waals surface area contributed by atoms with Crippen molar-refractivity contribution in [1.82, 2.24) is 0 Å². The van der Waals surface area contributed by atoms with Gasteiger partial charge in [0, 0.05) is 5.75 Å². The second-order valence-electron chi connectivity index (χ2n) is 1.64. The van der Waals surface area contributed by atoms with Crippen LogP contribution >= 0.6 is 12.6 Å². The number of hydrogen-bond acceptors (Lipinski definition) is 1. The van der Waals surface area contributed by atoms with Crippen molar-refractivity contribution >= 4 is 12.6 Å². The average Bonchev–Trinajstić information content (AvgIpc) is 2.10. The predicted octanol–water partition coefficient (Wildman–Crippen LogP) is 3.14. The van der Waals surface area contributed by atoms with Crippen molar-refractivity contribution in [2.45, 2.75) is 19.6 Å². The van der Waals surface area contributed by atoms with Crippen LogP contribution in [0.3, 0.4) is 0 Å². The Labute approximate surface area is 68.7 Å². The zero-order chi connectivity index (χ0) is 7.82. The van der Waals surface area contributed by atoms with E-state index in [1.165, 1.54) is 5.56 Å². The van der Waals surface area contributed by atoms with Crippen molar-refractivity contribution < 1.29 is 0 Å². The molecule has 0 aliphatic carbocycles. The average molecular weight is 154 g/mol. The Bertz CT molecular complexity index is 146. The molecule has 0 aliphatic rings. The highest BCUT2D eigenvalue weighted by Gasteiger charge is 1.80. The van der Waals surface area contributed by atoms with E-state index in [4.69, 9.17) is 0 Å². The lowest BCUT2D eigenvalue weighted by molar-refractivity contribution is 1.43. The monoisotopic (exact) mass is 154 g/mol. The fourth-order valence-electron chi connectivity index (χ4n) is 0.583. The standard InChI is InChI=1S/C7H8S.C2H6/c8-6-7-4-2-1-3-5-7;1-2/h1-5,8H,6H2;1-2H3. The van der Waals surface area contributed by atoms with Crippen LogP contribution in [-0.2, 0) is 5.75 Å². The third-order valence-corrected chi connectivity index (χ3v) is 1.39. The molecule has 1 aromatic rings. The molecule has 0 aromatic heterocycles. The molecule has 1 aromatic carbocycles. The van der Waals surface area contributed by atoms with Gasteiger partial charge in [0.25, 0.3) is 0 Å². The van der Waals surface area contributed by atoms with Crippen LogP contribution in [0.5, 0.6) is 0 Å². The quantitative estimate of drug-likeness (QED) is 0.590. The molecule has 0 heterocycles. The first kappa shape index (κ1) is 9.57. The summed E-state index contributed by atoms with van der Waals surface area (Å²) < 4.78 is 0. The van der Waals surface area contributed by atoms with Gasteiger partial charge in [-0.15, -0.1) is 0 Å². The highest BCUT2D eigenvalue weighted by atomic mass is 32.1. The van der Waals surface area contributed by atoms with E-state index in [-0.39, 0.29) is 0 Å². The topological polar surface area (TPSA) is 0 Å². The minimum Gasteiger partial charge on any atom is -0.175 e. The predicted molar refractivity (Wildman–Crippen MR) is 50.5 cm³/mol. The molecular weight excluding hydrogens is 140 g/mol. The van der Waals surface area contributed by atoms with Crippen molar-refractivity contribution in [2.75, 3.05) is 0 Å². The van der Waals surface area contributed by atoms with Crippen molar-refractivity contribution in [2.24, 2.45) is 0 Å². The van der Waals surface area contributed by atoms with Crippen molar-refractivity contribution in [3.05, 3.63) is 35.9 Å². The molecule has 0 nitrogen and oxygen atoms in total. The molecule has 1 rings (SSSR count). The smallest absolute Gasteiger partial charge is 0.0154 e. The van der Waals surface area contributed by atoms with Crippen molar-refractivity contribution in [3.63, 3.8) is 0 Å². The summed E-state index contributed by atoms with van der Waals surface area (Å²) in [5, 5.41) is 0. The van der Waals surface area contributed by atoms with Crippen LogP contribution in [0.1, 0.15) is 19.4 Å². The zero-order valence-corrected chi connectivity index (χ0v) is 7.44. The molecule has 0 N–H and O–H groups in total. The summed E-state index contributed by atoms with van der Waals surface area (Å²) in [6.07, 6.45) is 0. The lowest BCUT2D eigenvalue weighted by Gasteiger charge is -1.89. The van der Waals surface area contributed by atoms with Crippen LogP contribution in [0.2, 0.25) is 0 Å². The molecule has 56 valence electrons. The first-order chi connectivity index (χ1) is 4.93. The SMILES string of the molecule is CC.SCc1ccccc1. The fraction of sp³-hybridized carbons (Fsp3) is 0.333. The molecule has 0 aliphatic heterocycles. The summed E-state index contributed by atoms with van der Waals surface area (Å²) in [4.78, 5) is 0. The Morgan fingerprint density at radius 3 is 1.90 bits per heavy atom. The van der Waals surface area contributed by atoms with Crippen molar-refractivity contribution in [1.29, 1.82) is 0 Å². The van der Waals surface area contributed by atoms with Gasteiger partial charge in [0.1, 0.15) is 0 Å².